The molecule has 0 amide bonds. The highest BCUT2D eigenvalue weighted by Gasteiger charge is 2.55. The van der Waals surface area contributed by atoms with Crippen molar-refractivity contribution in [2.24, 2.45) is 10.9 Å². The van der Waals surface area contributed by atoms with E-state index in [-0.39, 0.29) is 12.0 Å². The Labute approximate surface area is 231 Å². The second-order valence-electron chi connectivity index (χ2n) is 8.79. The molecule has 3 aromatic rings. The third-order valence-electron chi connectivity index (χ3n) is 7.03. The number of aromatic nitrogens is 2. The van der Waals surface area contributed by atoms with E-state index in [4.69, 9.17) is 15.0 Å². The molecule has 2 aromatic carbocycles. The molecule has 5 rings (SSSR count). The average Bonchev–Trinajstić information content (AvgIpc) is 2.93. The molecule has 3 atom stereocenters. The van der Waals surface area contributed by atoms with Crippen molar-refractivity contribution in [3.05, 3.63) is 94.7 Å². The molecular formula is C28H30N4S4. The molecule has 0 saturated heterocycles. The van der Waals surface area contributed by atoms with Crippen molar-refractivity contribution in [1.29, 1.82) is 0 Å². The Morgan fingerprint density at radius 1 is 0.694 bits per heavy atom. The van der Waals surface area contributed by atoms with Crippen molar-refractivity contribution >= 4 is 52.2 Å². The third-order valence-corrected chi connectivity index (χ3v) is 9.48. The summed E-state index contributed by atoms with van der Waals surface area (Å²) in [6, 6.07) is 24.2. The van der Waals surface area contributed by atoms with Crippen molar-refractivity contribution in [3.8, 4) is 0 Å². The first-order chi connectivity index (χ1) is 17.7. The summed E-state index contributed by atoms with van der Waals surface area (Å²) >= 11 is 6.73. The van der Waals surface area contributed by atoms with Gasteiger partial charge in [0, 0.05) is 11.8 Å². The molecule has 1 unspecified atom stereocenters. The van der Waals surface area contributed by atoms with Crippen LogP contribution in [0.5, 0.6) is 0 Å². The number of nitrogens with one attached hydrogen (secondary N) is 1. The van der Waals surface area contributed by atoms with E-state index in [2.05, 4.69) is 103 Å². The number of amidine groups is 1. The minimum atomic E-state index is 0.0877. The fraction of sp³-hybridized carbons (Fsp3) is 0.321. The lowest BCUT2D eigenvalue weighted by Crippen LogP contribution is -2.48. The number of thioether (sulfide) groups is 4. The first-order valence-corrected chi connectivity index (χ1v) is 16.8. The minimum absolute atomic E-state index is 0.0877. The third kappa shape index (κ3) is 5.10. The van der Waals surface area contributed by atoms with Gasteiger partial charge in [0.2, 0.25) is 0 Å². The van der Waals surface area contributed by atoms with Crippen LogP contribution in [0.1, 0.15) is 34.6 Å². The Morgan fingerprint density at radius 3 is 1.86 bits per heavy atom. The average molecular weight is 551 g/mol. The van der Waals surface area contributed by atoms with Gasteiger partial charge in [-0.3, -0.25) is 4.99 Å². The van der Waals surface area contributed by atoms with Gasteiger partial charge in [0.1, 0.15) is 5.03 Å². The molecule has 1 aromatic heterocycles. The standard InChI is InChI=1S/C28H30N4S4/c1-33-21-15-19(29-27(31-21)35-3)25-23(17-11-7-5-8-12-17)26(24(25)18-13-9-6-10-14-18)20-16-22(34-2)32-28(30-20)36-4/h5-16,19,23-26H,1-4H3,(H,29,31)/t19?,23-,24-,25?,26?/m0/s1. The summed E-state index contributed by atoms with van der Waals surface area (Å²) in [6.07, 6.45) is 10.7. The molecule has 0 radical (unpaired) electrons. The Hall–Kier alpha value is -1.87. The van der Waals surface area contributed by atoms with Gasteiger partial charge in [-0.25, -0.2) is 9.97 Å². The summed E-state index contributed by atoms with van der Waals surface area (Å²) < 4.78 is 0. The number of hydrogen-bond donors (Lipinski definition) is 1. The monoisotopic (exact) mass is 550 g/mol. The molecule has 36 heavy (non-hydrogen) atoms. The van der Waals surface area contributed by atoms with Gasteiger partial charge >= 0.3 is 0 Å². The van der Waals surface area contributed by atoms with Crippen LogP contribution in [0.25, 0.3) is 0 Å². The summed E-state index contributed by atoms with van der Waals surface area (Å²) in [5.74, 6) is 1.15. The van der Waals surface area contributed by atoms with E-state index < -0.39 is 0 Å². The quantitative estimate of drug-likeness (QED) is 0.191. The summed E-state index contributed by atoms with van der Waals surface area (Å²) in [6.45, 7) is 0. The second-order valence-corrected chi connectivity index (χ2v) is 12.0. The van der Waals surface area contributed by atoms with E-state index in [1.165, 1.54) is 16.2 Å². The molecular weight excluding hydrogens is 521 g/mol. The molecule has 2 heterocycles. The van der Waals surface area contributed by atoms with Crippen LogP contribution in [0.2, 0.25) is 0 Å². The van der Waals surface area contributed by atoms with Gasteiger partial charge in [0.25, 0.3) is 0 Å². The fourth-order valence-electron chi connectivity index (χ4n) is 5.50. The second kappa shape index (κ2) is 11.7. The van der Waals surface area contributed by atoms with Gasteiger partial charge in [-0.15, -0.1) is 23.5 Å². The summed E-state index contributed by atoms with van der Waals surface area (Å²) in [7, 11) is 0. The van der Waals surface area contributed by atoms with Crippen LogP contribution in [0, 0.1) is 5.92 Å². The normalized spacial score (nSPS) is 25.4. The van der Waals surface area contributed by atoms with E-state index in [9.17, 15) is 0 Å². The van der Waals surface area contributed by atoms with Crippen LogP contribution in [0.3, 0.4) is 0 Å². The number of hydrogen-bond acceptors (Lipinski definition) is 8. The first-order valence-electron chi connectivity index (χ1n) is 11.9. The number of rotatable bonds is 7. The lowest BCUT2D eigenvalue weighted by atomic mass is 9.49. The van der Waals surface area contributed by atoms with Crippen molar-refractivity contribution in [2.75, 3.05) is 25.0 Å². The first kappa shape index (κ1) is 25.8. The zero-order valence-electron chi connectivity index (χ0n) is 20.8. The van der Waals surface area contributed by atoms with Crippen molar-refractivity contribution in [3.63, 3.8) is 0 Å². The Bertz CT molecular complexity index is 1160. The van der Waals surface area contributed by atoms with Gasteiger partial charge in [-0.05, 0) is 60.1 Å². The number of benzene rings is 2. The Morgan fingerprint density at radius 2 is 1.33 bits per heavy atom. The fourth-order valence-corrected chi connectivity index (χ4v) is 7.34. The van der Waals surface area contributed by atoms with Crippen LogP contribution in [-0.4, -0.2) is 46.2 Å². The highest BCUT2D eigenvalue weighted by Crippen LogP contribution is 2.64. The highest BCUT2D eigenvalue weighted by molar-refractivity contribution is 8.13. The van der Waals surface area contributed by atoms with Crippen LogP contribution < -0.4 is 5.32 Å². The molecule has 0 bridgehead atoms. The minimum Gasteiger partial charge on any atom is -0.330 e. The van der Waals surface area contributed by atoms with Crippen molar-refractivity contribution < 1.29 is 0 Å². The maximum Gasteiger partial charge on any atom is 0.188 e. The topological polar surface area (TPSA) is 50.2 Å². The lowest BCUT2D eigenvalue weighted by Gasteiger charge is -2.54. The molecule has 186 valence electrons. The van der Waals surface area contributed by atoms with Gasteiger partial charge in [-0.2, -0.15) is 0 Å². The predicted octanol–water partition coefficient (Wildman–Crippen LogP) is 7.10. The van der Waals surface area contributed by atoms with E-state index >= 15 is 0 Å². The van der Waals surface area contributed by atoms with Crippen LogP contribution >= 0.6 is 47.0 Å². The number of aliphatic imine (C=N–C) groups is 1. The van der Waals surface area contributed by atoms with E-state index in [1.807, 2.05) is 0 Å². The summed E-state index contributed by atoms with van der Waals surface area (Å²) in [5.41, 5.74) is 3.84. The Balaban J connectivity index is 1.68. The van der Waals surface area contributed by atoms with E-state index in [0.29, 0.717) is 17.8 Å². The van der Waals surface area contributed by atoms with Gasteiger partial charge < -0.3 is 5.32 Å². The molecule has 2 aliphatic rings. The molecule has 0 spiro atoms. The molecule has 4 nitrogen and oxygen atoms in total. The molecule has 1 saturated carbocycles. The van der Waals surface area contributed by atoms with Gasteiger partial charge in [-0.1, -0.05) is 84.2 Å². The molecule has 8 heteroatoms. The lowest BCUT2D eigenvalue weighted by molar-refractivity contribution is 0.137. The Kier molecular flexibility index (Phi) is 8.35. The predicted molar refractivity (Wildman–Crippen MR) is 160 cm³/mol. The zero-order chi connectivity index (χ0) is 25.1. The highest BCUT2D eigenvalue weighted by atomic mass is 32.2. The van der Waals surface area contributed by atoms with Gasteiger partial charge in [0.15, 0.2) is 10.3 Å². The maximum absolute atomic E-state index is 5.21. The smallest absolute Gasteiger partial charge is 0.188 e. The van der Waals surface area contributed by atoms with Crippen LogP contribution in [0.4, 0.5) is 0 Å². The van der Waals surface area contributed by atoms with Crippen molar-refractivity contribution in [2.45, 2.75) is 34.0 Å². The summed E-state index contributed by atoms with van der Waals surface area (Å²) in [4.78, 5) is 15.0. The molecule has 1 N–H and O–H groups in total. The maximum atomic E-state index is 5.21. The zero-order valence-corrected chi connectivity index (χ0v) is 24.1. The largest absolute Gasteiger partial charge is 0.330 e. The summed E-state index contributed by atoms with van der Waals surface area (Å²) in [5, 5.41) is 7.52. The van der Waals surface area contributed by atoms with E-state index in [0.717, 1.165) is 21.0 Å². The van der Waals surface area contributed by atoms with E-state index in [1.54, 1.807) is 47.0 Å². The van der Waals surface area contributed by atoms with Crippen LogP contribution in [0.15, 0.2) is 93.0 Å². The molecule has 1 aliphatic carbocycles. The molecule has 1 aliphatic heterocycles. The number of nitrogens with zero attached hydrogens (tertiary/aromatic N) is 3. The van der Waals surface area contributed by atoms with Gasteiger partial charge in [0.05, 0.1) is 16.8 Å². The van der Waals surface area contributed by atoms with Crippen molar-refractivity contribution in [1.82, 2.24) is 15.3 Å². The van der Waals surface area contributed by atoms with Crippen LogP contribution in [-0.2, 0) is 0 Å². The molecule has 1 fully saturated rings. The SMILES string of the molecule is CSC1=CC(C2[C@H](c3ccccc3)C(c3cc(SC)nc(SC)n3)[C@H]2c2ccccc2)N=C(SC)N1.